The Morgan fingerprint density at radius 1 is 1.19 bits per heavy atom. The van der Waals surface area contributed by atoms with Crippen molar-refractivity contribution < 1.29 is 19.2 Å². The molecule has 8 nitrogen and oxygen atoms in total. The fourth-order valence-corrected chi connectivity index (χ4v) is 3.81. The number of nitrogens with one attached hydrogen (secondary N) is 1. The van der Waals surface area contributed by atoms with Crippen molar-refractivity contribution in [2.75, 3.05) is 11.9 Å². The standard InChI is InChI=1S/C17H13N3O5S2/c21-15(19-12-4-1-2-5-13(12)20(23)24)9-25-16(22)8-11-10-27-17(18-11)14-6-3-7-26-14/h1-7,10H,8-9H2,(H,19,21). The molecule has 0 spiro atoms. The van der Waals surface area contributed by atoms with E-state index in [2.05, 4.69) is 10.3 Å². The van der Waals surface area contributed by atoms with E-state index >= 15 is 0 Å². The summed E-state index contributed by atoms with van der Waals surface area (Å²) in [4.78, 5) is 39.5. The molecule has 0 bridgehead atoms. The molecule has 3 rings (SSSR count). The van der Waals surface area contributed by atoms with Gasteiger partial charge in [-0.25, -0.2) is 4.98 Å². The van der Waals surface area contributed by atoms with Gasteiger partial charge in [0.25, 0.3) is 11.6 Å². The lowest BCUT2D eigenvalue weighted by atomic mass is 10.2. The minimum Gasteiger partial charge on any atom is -0.455 e. The van der Waals surface area contributed by atoms with Crippen LogP contribution in [-0.4, -0.2) is 28.4 Å². The van der Waals surface area contributed by atoms with Gasteiger partial charge < -0.3 is 10.1 Å². The summed E-state index contributed by atoms with van der Waals surface area (Å²) in [6.07, 6.45) is -0.0549. The van der Waals surface area contributed by atoms with Crippen molar-refractivity contribution in [2.45, 2.75) is 6.42 Å². The molecule has 2 aromatic heterocycles. The number of nitro groups is 1. The maximum atomic E-state index is 11.9. The number of amides is 1. The largest absolute Gasteiger partial charge is 0.455 e. The van der Waals surface area contributed by atoms with Gasteiger partial charge in [-0.15, -0.1) is 22.7 Å². The number of carbonyl (C=O) groups is 2. The number of carbonyl (C=O) groups excluding carboxylic acids is 2. The van der Waals surface area contributed by atoms with E-state index in [4.69, 9.17) is 4.74 Å². The third-order valence-electron chi connectivity index (χ3n) is 3.35. The molecule has 1 amide bonds. The number of esters is 1. The zero-order valence-electron chi connectivity index (χ0n) is 13.8. The van der Waals surface area contributed by atoms with Crippen LogP contribution in [0.1, 0.15) is 5.69 Å². The van der Waals surface area contributed by atoms with Crippen LogP contribution in [0.4, 0.5) is 11.4 Å². The van der Waals surface area contributed by atoms with Crippen LogP contribution in [0.5, 0.6) is 0 Å². The number of hydrogen-bond donors (Lipinski definition) is 1. The van der Waals surface area contributed by atoms with Crippen molar-refractivity contribution in [3.8, 4) is 9.88 Å². The molecule has 0 aliphatic rings. The zero-order valence-corrected chi connectivity index (χ0v) is 15.4. The lowest BCUT2D eigenvalue weighted by Crippen LogP contribution is -2.22. The lowest BCUT2D eigenvalue weighted by molar-refractivity contribution is -0.383. The molecule has 0 aliphatic heterocycles. The molecule has 0 atom stereocenters. The van der Waals surface area contributed by atoms with Crippen LogP contribution >= 0.6 is 22.7 Å². The second kappa shape index (κ2) is 8.52. The van der Waals surface area contributed by atoms with Crippen molar-refractivity contribution in [1.82, 2.24) is 4.98 Å². The number of aromatic nitrogens is 1. The molecule has 2 heterocycles. The summed E-state index contributed by atoms with van der Waals surface area (Å²) < 4.78 is 4.93. The van der Waals surface area contributed by atoms with Gasteiger partial charge in [0.1, 0.15) is 10.7 Å². The van der Waals surface area contributed by atoms with Gasteiger partial charge >= 0.3 is 5.97 Å². The Morgan fingerprint density at radius 3 is 2.74 bits per heavy atom. The maximum Gasteiger partial charge on any atom is 0.312 e. The topological polar surface area (TPSA) is 111 Å². The predicted molar refractivity (Wildman–Crippen MR) is 102 cm³/mol. The summed E-state index contributed by atoms with van der Waals surface area (Å²) in [5.74, 6) is -1.26. The Morgan fingerprint density at radius 2 is 2.00 bits per heavy atom. The zero-order chi connectivity index (χ0) is 19.2. The van der Waals surface area contributed by atoms with Crippen LogP contribution in [0.3, 0.4) is 0 Å². The Labute approximate surface area is 161 Å². The van der Waals surface area contributed by atoms with Crippen LogP contribution in [0.2, 0.25) is 0 Å². The number of ether oxygens (including phenoxy) is 1. The van der Waals surface area contributed by atoms with E-state index in [0.717, 1.165) is 9.88 Å². The number of rotatable bonds is 7. The van der Waals surface area contributed by atoms with Crippen LogP contribution in [0.25, 0.3) is 9.88 Å². The monoisotopic (exact) mass is 403 g/mol. The average Bonchev–Trinajstić information content (AvgIpc) is 3.32. The first kappa shape index (κ1) is 18.7. The highest BCUT2D eigenvalue weighted by molar-refractivity contribution is 7.20. The van der Waals surface area contributed by atoms with E-state index in [1.165, 1.54) is 29.5 Å². The number of para-hydroxylation sites is 2. The Kier molecular flexibility index (Phi) is 5.89. The van der Waals surface area contributed by atoms with Crippen LogP contribution in [0.15, 0.2) is 47.2 Å². The molecule has 0 aliphatic carbocycles. The van der Waals surface area contributed by atoms with Crippen molar-refractivity contribution in [2.24, 2.45) is 0 Å². The van der Waals surface area contributed by atoms with E-state index < -0.39 is 23.4 Å². The first-order chi connectivity index (χ1) is 13.0. The fraction of sp³-hybridized carbons (Fsp3) is 0.118. The molecular weight excluding hydrogens is 390 g/mol. The van der Waals surface area contributed by atoms with Crippen LogP contribution < -0.4 is 5.32 Å². The Balaban J connectivity index is 1.51. The van der Waals surface area contributed by atoms with Gasteiger partial charge in [0.05, 0.1) is 21.9 Å². The second-order valence-electron chi connectivity index (χ2n) is 5.28. The van der Waals surface area contributed by atoms with E-state index in [0.29, 0.717) is 5.69 Å². The number of anilines is 1. The minimum atomic E-state index is -0.657. The van der Waals surface area contributed by atoms with Gasteiger partial charge in [-0.05, 0) is 17.5 Å². The smallest absolute Gasteiger partial charge is 0.312 e. The van der Waals surface area contributed by atoms with E-state index in [-0.39, 0.29) is 17.8 Å². The number of benzene rings is 1. The van der Waals surface area contributed by atoms with Gasteiger partial charge in [-0.3, -0.25) is 19.7 Å². The second-order valence-corrected chi connectivity index (χ2v) is 7.09. The van der Waals surface area contributed by atoms with E-state index in [9.17, 15) is 19.7 Å². The van der Waals surface area contributed by atoms with Crippen molar-refractivity contribution in [3.05, 3.63) is 63.0 Å². The molecular formula is C17H13N3O5S2. The number of nitrogens with zero attached hydrogens (tertiary/aromatic N) is 2. The van der Waals surface area contributed by atoms with Gasteiger partial charge in [0, 0.05) is 11.4 Å². The predicted octanol–water partition coefficient (Wildman–Crippen LogP) is 3.50. The number of thiophene rings is 1. The SMILES string of the molecule is O=C(COC(=O)Cc1csc(-c2cccs2)n1)Nc1ccccc1[N+](=O)[O-]. The molecule has 10 heteroatoms. The number of hydrogen-bond acceptors (Lipinski definition) is 8. The third-order valence-corrected chi connectivity index (χ3v) is 5.28. The summed E-state index contributed by atoms with van der Waals surface area (Å²) in [5.41, 5.74) is 0.372. The molecule has 3 aromatic rings. The maximum absolute atomic E-state index is 11.9. The van der Waals surface area contributed by atoms with Crippen molar-refractivity contribution >= 4 is 45.9 Å². The van der Waals surface area contributed by atoms with Gasteiger partial charge in [0.15, 0.2) is 6.61 Å². The molecule has 0 saturated heterocycles. The number of thiazole rings is 1. The average molecular weight is 403 g/mol. The van der Waals surface area contributed by atoms with Crippen molar-refractivity contribution in [3.63, 3.8) is 0 Å². The molecule has 27 heavy (non-hydrogen) atoms. The summed E-state index contributed by atoms with van der Waals surface area (Å²) in [5, 5.41) is 17.8. The van der Waals surface area contributed by atoms with Crippen molar-refractivity contribution in [1.29, 1.82) is 0 Å². The van der Waals surface area contributed by atoms with Crippen LogP contribution in [-0.2, 0) is 20.7 Å². The Bertz CT molecular complexity index is 969. The van der Waals surface area contributed by atoms with E-state index in [1.54, 1.807) is 22.8 Å². The lowest BCUT2D eigenvalue weighted by Gasteiger charge is -2.06. The molecule has 1 aromatic carbocycles. The third kappa shape index (κ3) is 4.96. The highest BCUT2D eigenvalue weighted by Gasteiger charge is 2.16. The first-order valence-corrected chi connectivity index (χ1v) is 9.46. The molecule has 0 fully saturated rings. The summed E-state index contributed by atoms with van der Waals surface area (Å²) in [6.45, 7) is -0.535. The van der Waals surface area contributed by atoms with Gasteiger partial charge in [0.2, 0.25) is 0 Å². The number of nitro benzene ring substituents is 1. The quantitative estimate of drug-likeness (QED) is 0.367. The van der Waals surface area contributed by atoms with E-state index in [1.807, 2.05) is 17.5 Å². The Hall–Kier alpha value is -3.11. The summed E-state index contributed by atoms with van der Waals surface area (Å²) in [7, 11) is 0. The highest BCUT2D eigenvalue weighted by atomic mass is 32.1. The summed E-state index contributed by atoms with van der Waals surface area (Å²) >= 11 is 2.99. The molecule has 1 N–H and O–H groups in total. The fourth-order valence-electron chi connectivity index (χ4n) is 2.17. The normalized spacial score (nSPS) is 10.4. The molecule has 138 valence electrons. The highest BCUT2D eigenvalue weighted by Crippen LogP contribution is 2.28. The summed E-state index contributed by atoms with van der Waals surface area (Å²) in [6, 6.07) is 9.59. The molecule has 0 radical (unpaired) electrons. The first-order valence-electron chi connectivity index (χ1n) is 7.70. The van der Waals surface area contributed by atoms with Gasteiger partial charge in [-0.1, -0.05) is 18.2 Å². The minimum absolute atomic E-state index is 0.0450. The molecule has 0 saturated carbocycles. The van der Waals surface area contributed by atoms with Gasteiger partial charge in [-0.2, -0.15) is 0 Å². The molecule has 0 unspecified atom stereocenters. The van der Waals surface area contributed by atoms with Crippen LogP contribution in [0, 0.1) is 10.1 Å².